The second-order valence-corrected chi connectivity index (χ2v) is 8.27. The molecule has 1 atom stereocenters. The molecule has 1 N–H and O–H groups in total. The number of fused-ring (bicyclic) bond motifs is 1. The van der Waals surface area contributed by atoms with Crippen LogP contribution in [0.25, 0.3) is 0 Å². The zero-order valence-electron chi connectivity index (χ0n) is 14.5. The Hall–Kier alpha value is -2.60. The summed E-state index contributed by atoms with van der Waals surface area (Å²) in [5.74, 6) is -1.70. The molecule has 5 nitrogen and oxygen atoms in total. The van der Waals surface area contributed by atoms with Crippen LogP contribution in [-0.2, 0) is 10.5 Å². The van der Waals surface area contributed by atoms with Crippen molar-refractivity contribution in [1.82, 2.24) is 4.90 Å². The van der Waals surface area contributed by atoms with Crippen LogP contribution in [0.5, 0.6) is 0 Å². The highest BCUT2D eigenvalue weighted by Gasteiger charge is 2.49. The van der Waals surface area contributed by atoms with Crippen molar-refractivity contribution < 1.29 is 19.5 Å². The molecule has 0 aromatic heterocycles. The molecule has 2 aromatic carbocycles. The van der Waals surface area contributed by atoms with Crippen molar-refractivity contribution >= 4 is 29.5 Å². The summed E-state index contributed by atoms with van der Waals surface area (Å²) in [4.78, 5) is 38.3. The molecule has 0 bridgehead atoms. The normalized spacial score (nSPS) is 15.1. The van der Waals surface area contributed by atoms with Crippen LogP contribution in [0.1, 0.15) is 40.1 Å². The summed E-state index contributed by atoms with van der Waals surface area (Å²) in [5.41, 5.74) is 1.57. The lowest BCUT2D eigenvalue weighted by molar-refractivity contribution is -0.142. The summed E-state index contributed by atoms with van der Waals surface area (Å²) >= 11 is 1.41. The fourth-order valence-electron chi connectivity index (χ4n) is 3.08. The first-order chi connectivity index (χ1) is 12.3. The molecule has 1 heterocycles. The van der Waals surface area contributed by atoms with Gasteiger partial charge in [-0.05, 0) is 31.5 Å². The monoisotopic (exact) mass is 369 g/mol. The zero-order valence-corrected chi connectivity index (χ0v) is 15.3. The Labute approximate surface area is 156 Å². The summed E-state index contributed by atoms with van der Waals surface area (Å²) in [5, 5.41) is 9.82. The highest BCUT2D eigenvalue weighted by molar-refractivity contribution is 7.99. The van der Waals surface area contributed by atoms with Gasteiger partial charge in [0.1, 0.15) is 0 Å². The van der Waals surface area contributed by atoms with Crippen molar-refractivity contribution in [2.75, 3.05) is 0 Å². The highest BCUT2D eigenvalue weighted by Crippen LogP contribution is 2.37. The van der Waals surface area contributed by atoms with E-state index in [1.165, 1.54) is 11.8 Å². The van der Waals surface area contributed by atoms with Gasteiger partial charge in [-0.1, -0.05) is 42.5 Å². The third kappa shape index (κ3) is 3.24. The predicted molar refractivity (Wildman–Crippen MR) is 100 cm³/mol. The molecule has 0 aliphatic carbocycles. The third-order valence-corrected chi connectivity index (χ3v) is 5.87. The first-order valence-electron chi connectivity index (χ1n) is 8.20. The van der Waals surface area contributed by atoms with Gasteiger partial charge < -0.3 is 5.11 Å². The molecule has 134 valence electrons. The van der Waals surface area contributed by atoms with Crippen molar-refractivity contribution in [3.63, 3.8) is 0 Å². The number of hydrogen-bond donors (Lipinski definition) is 1. The van der Waals surface area contributed by atoms with Gasteiger partial charge in [0.15, 0.2) is 6.04 Å². The minimum absolute atomic E-state index is 0.257. The number of thioether (sulfide) groups is 1. The van der Waals surface area contributed by atoms with Crippen LogP contribution in [0.4, 0.5) is 0 Å². The number of carboxylic acids is 1. The molecule has 3 rings (SSSR count). The Balaban J connectivity index is 1.88. The number of carbonyl (C=O) groups excluding carboxylic acids is 2. The van der Waals surface area contributed by atoms with E-state index in [0.717, 1.165) is 10.5 Å². The molecular weight excluding hydrogens is 350 g/mol. The van der Waals surface area contributed by atoms with E-state index in [9.17, 15) is 19.5 Å². The molecule has 2 amide bonds. The number of imide groups is 1. The average Bonchev–Trinajstić information content (AvgIpc) is 2.86. The molecule has 0 unspecified atom stereocenters. The van der Waals surface area contributed by atoms with E-state index in [0.29, 0.717) is 5.75 Å². The summed E-state index contributed by atoms with van der Waals surface area (Å²) in [6.07, 6.45) is 0. The van der Waals surface area contributed by atoms with Gasteiger partial charge in [-0.2, -0.15) is 0 Å². The van der Waals surface area contributed by atoms with Gasteiger partial charge in [0, 0.05) is 10.5 Å². The fourth-order valence-corrected chi connectivity index (χ4v) is 4.18. The standard InChI is InChI=1S/C20H19NO4S/c1-20(2,26-12-13-8-4-3-5-9-13)16(19(24)25)21-17(22)14-10-6-7-11-15(14)18(21)23/h3-11,16H,12H2,1-2H3,(H,24,25)/t16-/m1/s1. The molecule has 0 spiro atoms. The maximum Gasteiger partial charge on any atom is 0.328 e. The largest absolute Gasteiger partial charge is 0.480 e. The van der Waals surface area contributed by atoms with Crippen LogP contribution in [-0.4, -0.2) is 38.6 Å². The molecule has 1 aliphatic heterocycles. The molecule has 1 aliphatic rings. The third-order valence-electron chi connectivity index (χ3n) is 4.43. The number of rotatable bonds is 6. The number of benzene rings is 2. The Morgan fingerprint density at radius 3 is 2.00 bits per heavy atom. The smallest absolute Gasteiger partial charge is 0.328 e. The molecule has 0 fully saturated rings. The van der Waals surface area contributed by atoms with Crippen LogP contribution in [0.3, 0.4) is 0 Å². The van der Waals surface area contributed by atoms with Crippen LogP contribution < -0.4 is 0 Å². The van der Waals surface area contributed by atoms with Gasteiger partial charge in [-0.25, -0.2) is 4.79 Å². The number of aliphatic carboxylic acids is 1. The maximum atomic E-state index is 12.7. The minimum Gasteiger partial charge on any atom is -0.480 e. The van der Waals surface area contributed by atoms with Crippen LogP contribution >= 0.6 is 11.8 Å². The van der Waals surface area contributed by atoms with Crippen molar-refractivity contribution in [3.8, 4) is 0 Å². The molecule has 0 saturated heterocycles. The van der Waals surface area contributed by atoms with Crippen molar-refractivity contribution in [2.24, 2.45) is 0 Å². The van der Waals surface area contributed by atoms with E-state index in [1.54, 1.807) is 38.1 Å². The minimum atomic E-state index is -1.26. The Bertz CT molecular complexity index is 828. The summed E-state index contributed by atoms with van der Waals surface area (Å²) < 4.78 is -0.866. The summed E-state index contributed by atoms with van der Waals surface area (Å²) in [6.45, 7) is 3.51. The molecule has 0 saturated carbocycles. The quantitative estimate of drug-likeness (QED) is 0.790. The van der Waals surface area contributed by atoms with E-state index in [2.05, 4.69) is 0 Å². The zero-order chi connectivity index (χ0) is 18.9. The van der Waals surface area contributed by atoms with Crippen molar-refractivity contribution in [2.45, 2.75) is 30.4 Å². The van der Waals surface area contributed by atoms with Gasteiger partial charge in [-0.3, -0.25) is 14.5 Å². The lowest BCUT2D eigenvalue weighted by Crippen LogP contribution is -2.55. The van der Waals surface area contributed by atoms with Crippen molar-refractivity contribution in [1.29, 1.82) is 0 Å². The number of carbonyl (C=O) groups is 3. The Morgan fingerprint density at radius 1 is 1.00 bits per heavy atom. The average molecular weight is 369 g/mol. The van der Waals surface area contributed by atoms with E-state index < -0.39 is 28.6 Å². The Kier molecular flexibility index (Phi) is 4.87. The van der Waals surface area contributed by atoms with E-state index in [1.807, 2.05) is 30.3 Å². The van der Waals surface area contributed by atoms with Gasteiger partial charge >= 0.3 is 5.97 Å². The van der Waals surface area contributed by atoms with Crippen LogP contribution in [0.15, 0.2) is 54.6 Å². The lowest BCUT2D eigenvalue weighted by atomic mass is 10.0. The van der Waals surface area contributed by atoms with Crippen molar-refractivity contribution in [3.05, 3.63) is 71.3 Å². The molecule has 6 heteroatoms. The van der Waals surface area contributed by atoms with E-state index in [-0.39, 0.29) is 11.1 Å². The second-order valence-electron chi connectivity index (χ2n) is 6.64. The SMILES string of the molecule is CC(C)(SCc1ccccc1)[C@@H](C(=O)O)N1C(=O)c2ccccc2C1=O. The number of amides is 2. The maximum absolute atomic E-state index is 12.7. The number of carboxylic acid groups (broad SMARTS) is 1. The van der Waals surface area contributed by atoms with Gasteiger partial charge in [-0.15, -0.1) is 11.8 Å². The predicted octanol–water partition coefficient (Wildman–Crippen LogP) is 3.45. The summed E-state index contributed by atoms with van der Waals surface area (Å²) in [6, 6.07) is 14.8. The highest BCUT2D eigenvalue weighted by atomic mass is 32.2. The molecule has 2 aromatic rings. The van der Waals surface area contributed by atoms with Crippen LogP contribution in [0.2, 0.25) is 0 Å². The van der Waals surface area contributed by atoms with Gasteiger partial charge in [0.2, 0.25) is 0 Å². The number of hydrogen-bond acceptors (Lipinski definition) is 4. The first-order valence-corrected chi connectivity index (χ1v) is 9.19. The summed E-state index contributed by atoms with van der Waals surface area (Å²) in [7, 11) is 0. The first kappa shape index (κ1) is 18.2. The lowest BCUT2D eigenvalue weighted by Gasteiger charge is -2.35. The second kappa shape index (κ2) is 6.96. The van der Waals surface area contributed by atoms with E-state index in [4.69, 9.17) is 0 Å². The van der Waals surface area contributed by atoms with E-state index >= 15 is 0 Å². The van der Waals surface area contributed by atoms with Gasteiger partial charge in [0.05, 0.1) is 11.1 Å². The Morgan fingerprint density at radius 2 is 1.50 bits per heavy atom. The topological polar surface area (TPSA) is 74.7 Å². The van der Waals surface area contributed by atoms with Crippen LogP contribution in [0, 0.1) is 0 Å². The molecule has 26 heavy (non-hydrogen) atoms. The molecule has 0 radical (unpaired) electrons. The fraction of sp³-hybridized carbons (Fsp3) is 0.250. The van der Waals surface area contributed by atoms with Gasteiger partial charge in [0.25, 0.3) is 11.8 Å². The number of nitrogens with zero attached hydrogens (tertiary/aromatic N) is 1. The molecular formula is C20H19NO4S.